The van der Waals surface area contributed by atoms with E-state index in [2.05, 4.69) is 87.0 Å². The first-order chi connectivity index (χ1) is 12.6. The molecule has 2 heterocycles. The highest BCUT2D eigenvalue weighted by molar-refractivity contribution is 7.99. The number of pyridine rings is 1. The van der Waals surface area contributed by atoms with Gasteiger partial charge >= 0.3 is 0 Å². The Morgan fingerprint density at radius 3 is 2.54 bits per heavy atom. The first-order valence-corrected chi connectivity index (χ1v) is 10.0. The molecule has 128 valence electrons. The number of rotatable bonds is 1. The summed E-state index contributed by atoms with van der Waals surface area (Å²) in [6, 6.07) is 20.1. The third-order valence-corrected chi connectivity index (χ3v) is 6.77. The second-order valence-corrected chi connectivity index (χ2v) is 8.59. The molecule has 1 aliphatic heterocycles. The molecule has 5 rings (SSSR count). The predicted molar refractivity (Wildman–Crippen MR) is 111 cm³/mol. The molecule has 0 unspecified atom stereocenters. The molecule has 1 nitrogen and oxygen atoms in total. The smallest absolute Gasteiger partial charge is 0.193 e. The van der Waals surface area contributed by atoms with Gasteiger partial charge in [-0.05, 0) is 41.5 Å². The number of hydrogen-bond acceptors (Lipinski definition) is 1. The quantitative estimate of drug-likeness (QED) is 0.315. The van der Waals surface area contributed by atoms with Crippen LogP contribution < -0.4 is 4.57 Å². The first-order valence-electron chi connectivity index (χ1n) is 9.23. The fraction of sp³-hybridized carbons (Fsp3) is 0.208. The maximum Gasteiger partial charge on any atom is 0.228 e. The minimum absolute atomic E-state index is 0.479. The molecule has 0 atom stereocenters. The van der Waals surface area contributed by atoms with E-state index in [1.54, 1.807) is 0 Å². The maximum absolute atomic E-state index is 2.40. The van der Waals surface area contributed by atoms with E-state index in [1.807, 2.05) is 11.8 Å². The van der Waals surface area contributed by atoms with Gasteiger partial charge in [0.1, 0.15) is 7.05 Å². The molecular formula is C24H22NS+. The SMILES string of the molecule is Cc1ccc2cccc3c2c1-c1c(c(C(C)C)c2ccccc2[n+]1C)S3. The van der Waals surface area contributed by atoms with Crippen LogP contribution in [0.25, 0.3) is 32.9 Å². The zero-order valence-corrected chi connectivity index (χ0v) is 16.4. The van der Waals surface area contributed by atoms with Crippen LogP contribution in [0.1, 0.15) is 30.9 Å². The Bertz CT molecular complexity index is 1200. The van der Waals surface area contributed by atoms with E-state index in [-0.39, 0.29) is 0 Å². The summed E-state index contributed by atoms with van der Waals surface area (Å²) >= 11 is 1.95. The van der Waals surface area contributed by atoms with Crippen LogP contribution in [0, 0.1) is 6.92 Å². The van der Waals surface area contributed by atoms with Gasteiger partial charge in [-0.1, -0.05) is 62.0 Å². The van der Waals surface area contributed by atoms with E-state index in [0.29, 0.717) is 5.92 Å². The van der Waals surface area contributed by atoms with Crippen LogP contribution >= 0.6 is 11.8 Å². The molecule has 3 aromatic carbocycles. The van der Waals surface area contributed by atoms with E-state index in [0.717, 1.165) is 0 Å². The van der Waals surface area contributed by atoms with Crippen LogP contribution in [0.3, 0.4) is 0 Å². The van der Waals surface area contributed by atoms with Gasteiger partial charge in [-0.2, -0.15) is 4.57 Å². The van der Waals surface area contributed by atoms with Crippen LogP contribution in [0.5, 0.6) is 0 Å². The topological polar surface area (TPSA) is 3.88 Å². The van der Waals surface area contributed by atoms with Crippen molar-refractivity contribution in [2.45, 2.75) is 36.5 Å². The highest BCUT2D eigenvalue weighted by Gasteiger charge is 2.33. The Balaban J connectivity index is 2.05. The summed E-state index contributed by atoms with van der Waals surface area (Å²) in [4.78, 5) is 2.81. The van der Waals surface area contributed by atoms with Gasteiger partial charge in [0.15, 0.2) is 0 Å². The predicted octanol–water partition coefficient (Wildman–Crippen LogP) is 6.38. The number of nitrogens with zero attached hydrogens (tertiary/aromatic N) is 1. The van der Waals surface area contributed by atoms with E-state index in [9.17, 15) is 0 Å². The summed E-state index contributed by atoms with van der Waals surface area (Å²) in [7, 11) is 2.22. The molecule has 1 aromatic heterocycles. The highest BCUT2D eigenvalue weighted by Crippen LogP contribution is 2.51. The Morgan fingerprint density at radius 1 is 0.923 bits per heavy atom. The summed E-state index contributed by atoms with van der Waals surface area (Å²) in [5.74, 6) is 0.479. The first kappa shape index (κ1) is 15.9. The van der Waals surface area contributed by atoms with Gasteiger partial charge in [0.05, 0.1) is 15.8 Å². The molecule has 0 bridgehead atoms. The zero-order chi connectivity index (χ0) is 18.0. The second-order valence-electron chi connectivity index (χ2n) is 7.54. The van der Waals surface area contributed by atoms with E-state index in [4.69, 9.17) is 0 Å². The minimum Gasteiger partial charge on any atom is -0.193 e. The molecule has 2 heteroatoms. The number of benzene rings is 3. The molecule has 0 amide bonds. The average molecular weight is 357 g/mol. The number of para-hydroxylation sites is 1. The molecule has 0 saturated carbocycles. The number of aryl methyl sites for hydroxylation is 2. The largest absolute Gasteiger partial charge is 0.228 e. The Labute approximate surface area is 158 Å². The lowest BCUT2D eigenvalue weighted by molar-refractivity contribution is -0.635. The van der Waals surface area contributed by atoms with Crippen molar-refractivity contribution in [3.63, 3.8) is 0 Å². The Kier molecular flexibility index (Phi) is 3.42. The molecule has 0 fully saturated rings. The van der Waals surface area contributed by atoms with Gasteiger partial charge in [0.25, 0.3) is 0 Å². The third-order valence-electron chi connectivity index (χ3n) is 5.59. The fourth-order valence-corrected chi connectivity index (χ4v) is 5.90. The highest BCUT2D eigenvalue weighted by atomic mass is 32.2. The summed E-state index contributed by atoms with van der Waals surface area (Å²) in [5.41, 5.74) is 6.92. The molecule has 0 aliphatic carbocycles. The molecule has 0 N–H and O–H groups in total. The molecule has 26 heavy (non-hydrogen) atoms. The van der Waals surface area contributed by atoms with Gasteiger partial charge < -0.3 is 0 Å². The lowest BCUT2D eigenvalue weighted by Gasteiger charge is -2.24. The van der Waals surface area contributed by atoms with Crippen molar-refractivity contribution < 1.29 is 4.57 Å². The van der Waals surface area contributed by atoms with Crippen molar-refractivity contribution in [2.24, 2.45) is 7.05 Å². The molecule has 0 spiro atoms. The monoisotopic (exact) mass is 356 g/mol. The third kappa shape index (κ3) is 2.02. The van der Waals surface area contributed by atoms with Crippen LogP contribution in [0.2, 0.25) is 0 Å². The fourth-order valence-electron chi connectivity index (χ4n) is 4.42. The molecule has 0 radical (unpaired) electrons. The second kappa shape index (κ2) is 5.59. The normalized spacial score (nSPS) is 12.8. The Hall–Kier alpha value is -2.32. The minimum atomic E-state index is 0.479. The average Bonchev–Trinajstić information content (AvgIpc) is 2.64. The van der Waals surface area contributed by atoms with E-state index >= 15 is 0 Å². The van der Waals surface area contributed by atoms with Crippen LogP contribution in [0.4, 0.5) is 0 Å². The molecular weight excluding hydrogens is 334 g/mol. The van der Waals surface area contributed by atoms with Crippen molar-refractivity contribution in [1.29, 1.82) is 0 Å². The van der Waals surface area contributed by atoms with Crippen LogP contribution in [-0.2, 0) is 7.05 Å². The van der Waals surface area contributed by atoms with Gasteiger partial charge in [0, 0.05) is 16.3 Å². The van der Waals surface area contributed by atoms with Gasteiger partial charge in [-0.15, -0.1) is 0 Å². The standard InChI is InChI=1S/C24H22NS/c1-14(2)20-17-9-5-6-10-18(17)25(4)23-21-15(3)12-13-16-8-7-11-19(22(16)21)26-24(20)23/h5-14H,1-4H3/q+1. The van der Waals surface area contributed by atoms with Crippen LogP contribution in [-0.4, -0.2) is 0 Å². The summed E-state index contributed by atoms with van der Waals surface area (Å²) in [6.07, 6.45) is 0. The van der Waals surface area contributed by atoms with E-state index in [1.165, 1.54) is 53.9 Å². The lowest BCUT2D eigenvalue weighted by Crippen LogP contribution is -2.34. The van der Waals surface area contributed by atoms with Gasteiger partial charge in [0.2, 0.25) is 11.2 Å². The summed E-state index contributed by atoms with van der Waals surface area (Å²) in [5, 5.41) is 4.12. The van der Waals surface area contributed by atoms with Crippen molar-refractivity contribution in [3.05, 3.63) is 65.7 Å². The number of hydrogen-bond donors (Lipinski definition) is 0. The zero-order valence-electron chi connectivity index (χ0n) is 15.6. The summed E-state index contributed by atoms with van der Waals surface area (Å²) < 4.78 is 2.40. The van der Waals surface area contributed by atoms with Crippen molar-refractivity contribution in [2.75, 3.05) is 0 Å². The van der Waals surface area contributed by atoms with E-state index < -0.39 is 0 Å². The molecule has 1 aliphatic rings. The van der Waals surface area contributed by atoms with Gasteiger partial charge in [-0.25, -0.2) is 0 Å². The lowest BCUT2D eigenvalue weighted by atomic mass is 9.91. The van der Waals surface area contributed by atoms with Gasteiger partial charge in [-0.3, -0.25) is 0 Å². The molecule has 0 saturated heterocycles. The van der Waals surface area contributed by atoms with Crippen molar-refractivity contribution >= 4 is 33.4 Å². The maximum atomic E-state index is 2.40. The summed E-state index contributed by atoms with van der Waals surface area (Å²) in [6.45, 7) is 6.88. The van der Waals surface area contributed by atoms with Crippen molar-refractivity contribution in [1.82, 2.24) is 0 Å². The molecule has 4 aromatic rings. The van der Waals surface area contributed by atoms with Crippen molar-refractivity contribution in [3.8, 4) is 11.3 Å². The van der Waals surface area contributed by atoms with Crippen LogP contribution in [0.15, 0.2) is 64.4 Å². The Morgan fingerprint density at radius 2 is 1.73 bits per heavy atom. The number of aromatic nitrogens is 1. The number of fused-ring (bicyclic) bond motifs is 3.